The molecule has 1 atom stereocenters. The quantitative estimate of drug-likeness (QED) is 0.845. The fraction of sp³-hybridized carbons (Fsp3) is 0.500. The second-order valence-corrected chi connectivity index (χ2v) is 6.00. The van der Waals surface area contributed by atoms with Gasteiger partial charge in [-0.2, -0.15) is 0 Å². The molecule has 1 saturated carbocycles. The minimum atomic E-state index is 0.0677. The molecule has 3 rings (SSSR count). The number of aromatic amines is 1. The van der Waals surface area contributed by atoms with E-state index in [1.54, 1.807) is 4.57 Å². The van der Waals surface area contributed by atoms with Crippen LogP contribution in [0, 0.1) is 10.7 Å². The summed E-state index contributed by atoms with van der Waals surface area (Å²) in [6, 6.07) is 2.13. The molecule has 5 heteroatoms. The van der Waals surface area contributed by atoms with Crippen LogP contribution in [0.3, 0.4) is 0 Å². The van der Waals surface area contributed by atoms with E-state index in [2.05, 4.69) is 11.9 Å². The van der Waals surface area contributed by atoms with Crippen molar-refractivity contribution in [3.05, 3.63) is 26.6 Å². The molecule has 0 spiro atoms. The number of nitrogens with zero attached hydrogens (tertiary/aromatic N) is 1. The van der Waals surface area contributed by atoms with Crippen LogP contribution in [0.1, 0.15) is 32.2 Å². The van der Waals surface area contributed by atoms with Crippen molar-refractivity contribution >= 4 is 33.8 Å². The first-order chi connectivity index (χ1) is 8.18. The number of H-pyrrole nitrogens is 1. The number of hydrogen-bond donors (Lipinski definition) is 1. The van der Waals surface area contributed by atoms with Gasteiger partial charge in [0.05, 0.1) is 5.52 Å². The van der Waals surface area contributed by atoms with E-state index in [0.717, 1.165) is 10.2 Å². The summed E-state index contributed by atoms with van der Waals surface area (Å²) in [4.78, 5) is 15.5. The van der Waals surface area contributed by atoms with Gasteiger partial charge in [0.2, 0.25) is 0 Å². The summed E-state index contributed by atoms with van der Waals surface area (Å²) < 4.78 is 3.10. The minimum absolute atomic E-state index is 0.0677. The lowest BCUT2D eigenvalue weighted by molar-refractivity contribution is 0.217. The highest BCUT2D eigenvalue weighted by Gasteiger charge is 2.26. The molecule has 2 aromatic heterocycles. The predicted molar refractivity (Wildman–Crippen MR) is 73.3 cm³/mol. The topological polar surface area (TPSA) is 37.8 Å². The van der Waals surface area contributed by atoms with Gasteiger partial charge in [0, 0.05) is 6.04 Å². The van der Waals surface area contributed by atoms with Crippen molar-refractivity contribution in [2.45, 2.75) is 32.2 Å². The van der Waals surface area contributed by atoms with Crippen molar-refractivity contribution in [3.8, 4) is 0 Å². The van der Waals surface area contributed by atoms with Gasteiger partial charge in [-0.25, -0.2) is 0 Å². The maximum Gasteiger partial charge on any atom is 0.272 e. The van der Waals surface area contributed by atoms with Crippen LogP contribution in [0.2, 0.25) is 0 Å². The molecule has 17 heavy (non-hydrogen) atoms. The molecule has 0 saturated heterocycles. The van der Waals surface area contributed by atoms with Crippen molar-refractivity contribution in [1.29, 1.82) is 0 Å². The average molecular weight is 266 g/mol. The molecule has 0 radical (unpaired) electrons. The molecule has 90 valence electrons. The Hall–Kier alpha value is -0.940. The van der Waals surface area contributed by atoms with Gasteiger partial charge in [-0.15, -0.1) is 11.3 Å². The Morgan fingerprint density at radius 3 is 3.00 bits per heavy atom. The van der Waals surface area contributed by atoms with Crippen LogP contribution >= 0.6 is 23.6 Å². The maximum atomic E-state index is 12.4. The van der Waals surface area contributed by atoms with Gasteiger partial charge in [-0.05, 0) is 49.3 Å². The lowest BCUT2D eigenvalue weighted by atomic mass is 9.80. The van der Waals surface area contributed by atoms with E-state index in [0.29, 0.717) is 10.7 Å². The van der Waals surface area contributed by atoms with Gasteiger partial charge < -0.3 is 4.98 Å². The van der Waals surface area contributed by atoms with Crippen LogP contribution in [-0.4, -0.2) is 9.55 Å². The smallest absolute Gasteiger partial charge is 0.272 e. The van der Waals surface area contributed by atoms with Crippen LogP contribution in [0.4, 0.5) is 0 Å². The first-order valence-corrected chi connectivity index (χ1v) is 7.19. The number of nitrogens with one attached hydrogen (secondary N) is 1. The molecule has 1 fully saturated rings. The van der Waals surface area contributed by atoms with Gasteiger partial charge in [0.15, 0.2) is 4.77 Å². The highest BCUT2D eigenvalue weighted by molar-refractivity contribution is 7.71. The Labute approximate surface area is 108 Å². The highest BCUT2D eigenvalue weighted by atomic mass is 32.1. The largest absolute Gasteiger partial charge is 0.331 e. The average Bonchev–Trinajstić information content (AvgIpc) is 2.62. The van der Waals surface area contributed by atoms with Gasteiger partial charge in [-0.1, -0.05) is 6.42 Å². The van der Waals surface area contributed by atoms with Crippen LogP contribution in [0.25, 0.3) is 10.2 Å². The summed E-state index contributed by atoms with van der Waals surface area (Å²) in [5.74, 6) is 0.611. The minimum Gasteiger partial charge on any atom is -0.331 e. The zero-order valence-electron chi connectivity index (χ0n) is 9.60. The molecule has 0 aliphatic heterocycles. The number of thiophene rings is 1. The van der Waals surface area contributed by atoms with E-state index in [1.807, 2.05) is 11.4 Å². The molecule has 1 aliphatic carbocycles. The van der Waals surface area contributed by atoms with Crippen LogP contribution in [-0.2, 0) is 0 Å². The fourth-order valence-electron chi connectivity index (χ4n) is 2.45. The number of fused-ring (bicyclic) bond motifs is 1. The van der Waals surface area contributed by atoms with Crippen molar-refractivity contribution < 1.29 is 0 Å². The van der Waals surface area contributed by atoms with Crippen molar-refractivity contribution in [2.75, 3.05) is 0 Å². The van der Waals surface area contributed by atoms with Crippen molar-refractivity contribution in [1.82, 2.24) is 9.55 Å². The van der Waals surface area contributed by atoms with Crippen molar-refractivity contribution in [2.24, 2.45) is 5.92 Å². The van der Waals surface area contributed by atoms with Gasteiger partial charge in [0.1, 0.15) is 4.70 Å². The zero-order chi connectivity index (χ0) is 12.0. The second-order valence-electron chi connectivity index (χ2n) is 4.70. The first-order valence-electron chi connectivity index (χ1n) is 5.90. The monoisotopic (exact) mass is 266 g/mol. The van der Waals surface area contributed by atoms with Crippen LogP contribution < -0.4 is 5.56 Å². The molecule has 1 aliphatic rings. The molecule has 1 unspecified atom stereocenters. The normalized spacial score (nSPS) is 18.2. The third-order valence-electron chi connectivity index (χ3n) is 3.78. The molecular weight excluding hydrogens is 252 g/mol. The molecule has 1 N–H and O–H groups in total. The summed E-state index contributed by atoms with van der Waals surface area (Å²) in [7, 11) is 0. The Morgan fingerprint density at radius 2 is 2.35 bits per heavy atom. The van der Waals surface area contributed by atoms with Gasteiger partial charge >= 0.3 is 0 Å². The third-order valence-corrected chi connectivity index (χ3v) is 4.98. The standard InChI is InChI=1S/C12H14N2OS2/c1-7(8-3-2-4-8)14-11(15)10-9(5-6-17-10)13-12(14)16/h5-8H,2-4H2,1H3,(H,13,16). The molecule has 2 aromatic rings. The summed E-state index contributed by atoms with van der Waals surface area (Å²) in [6.07, 6.45) is 3.71. The molecule has 0 bridgehead atoms. The first kappa shape index (κ1) is 11.2. The fourth-order valence-corrected chi connectivity index (χ4v) is 3.60. The summed E-state index contributed by atoms with van der Waals surface area (Å²) >= 11 is 6.79. The molecule has 0 amide bonds. The maximum absolute atomic E-state index is 12.4. The highest BCUT2D eigenvalue weighted by Crippen LogP contribution is 2.35. The third kappa shape index (κ3) is 1.68. The van der Waals surface area contributed by atoms with E-state index in [1.165, 1.54) is 30.6 Å². The summed E-state index contributed by atoms with van der Waals surface area (Å²) in [6.45, 7) is 2.11. The van der Waals surface area contributed by atoms with Crippen LogP contribution in [0.15, 0.2) is 16.2 Å². The summed E-state index contributed by atoms with van der Waals surface area (Å²) in [5, 5.41) is 1.93. The second kappa shape index (κ2) is 4.07. The molecule has 2 heterocycles. The molecular formula is C12H14N2OS2. The Kier molecular flexibility index (Phi) is 2.67. The van der Waals surface area contributed by atoms with E-state index in [4.69, 9.17) is 12.2 Å². The lowest BCUT2D eigenvalue weighted by Crippen LogP contribution is -2.31. The van der Waals surface area contributed by atoms with E-state index in [-0.39, 0.29) is 11.6 Å². The van der Waals surface area contributed by atoms with Gasteiger partial charge in [0.25, 0.3) is 5.56 Å². The SMILES string of the molecule is CC(C1CCC1)n1c(=S)[nH]c2ccsc2c1=O. The van der Waals surface area contributed by atoms with Crippen molar-refractivity contribution in [3.63, 3.8) is 0 Å². The Morgan fingerprint density at radius 1 is 1.59 bits per heavy atom. The van der Waals surface area contributed by atoms with E-state index >= 15 is 0 Å². The van der Waals surface area contributed by atoms with E-state index in [9.17, 15) is 4.79 Å². The lowest BCUT2D eigenvalue weighted by Gasteiger charge is -2.32. The number of aromatic nitrogens is 2. The number of hydrogen-bond acceptors (Lipinski definition) is 3. The molecule has 3 nitrogen and oxygen atoms in total. The Bertz CT molecular complexity index is 663. The summed E-state index contributed by atoms with van der Waals surface area (Å²) in [5.41, 5.74) is 0.931. The van der Waals surface area contributed by atoms with E-state index < -0.39 is 0 Å². The number of rotatable bonds is 2. The van der Waals surface area contributed by atoms with Crippen LogP contribution in [0.5, 0.6) is 0 Å². The predicted octanol–water partition coefficient (Wildman–Crippen LogP) is 3.48. The molecule has 0 aromatic carbocycles. The van der Waals surface area contributed by atoms with Gasteiger partial charge in [-0.3, -0.25) is 9.36 Å². The Balaban J connectivity index is 2.20. The zero-order valence-corrected chi connectivity index (χ0v) is 11.2.